The highest BCUT2D eigenvalue weighted by molar-refractivity contribution is 5.97. The normalized spacial score (nSPS) is 13.2. The Hall–Kier alpha value is -2.02. The summed E-state index contributed by atoms with van der Waals surface area (Å²) in [5.74, 6) is 0.409. The van der Waals surface area contributed by atoms with E-state index >= 15 is 0 Å². The van der Waals surface area contributed by atoms with Gasteiger partial charge in [-0.25, -0.2) is 0 Å². The molecule has 0 spiro atoms. The molecule has 0 aliphatic rings. The largest absolute Gasteiger partial charge is 0.494 e. The van der Waals surface area contributed by atoms with E-state index in [1.165, 1.54) is 0 Å². The quantitative estimate of drug-likeness (QED) is 0.868. The SMILES string of the molecule is CCOc1cccc(NC(=O)C(C)(C#N)CC)c1. The Balaban J connectivity index is 2.82. The van der Waals surface area contributed by atoms with Gasteiger partial charge in [-0.2, -0.15) is 5.26 Å². The maximum absolute atomic E-state index is 12.0. The lowest BCUT2D eigenvalue weighted by atomic mass is 9.88. The number of anilines is 1. The second-order valence-corrected chi connectivity index (χ2v) is 4.21. The third kappa shape index (κ3) is 3.24. The van der Waals surface area contributed by atoms with Crippen molar-refractivity contribution in [3.05, 3.63) is 24.3 Å². The van der Waals surface area contributed by atoms with Gasteiger partial charge in [0.25, 0.3) is 0 Å². The van der Waals surface area contributed by atoms with Crippen molar-refractivity contribution in [2.45, 2.75) is 27.2 Å². The van der Waals surface area contributed by atoms with Crippen LogP contribution < -0.4 is 10.1 Å². The molecule has 0 heterocycles. The molecule has 0 aliphatic heterocycles. The van der Waals surface area contributed by atoms with Crippen molar-refractivity contribution in [2.75, 3.05) is 11.9 Å². The van der Waals surface area contributed by atoms with Gasteiger partial charge in [0.15, 0.2) is 0 Å². The third-order valence-electron chi connectivity index (χ3n) is 2.86. The van der Waals surface area contributed by atoms with Crippen molar-refractivity contribution in [3.8, 4) is 11.8 Å². The summed E-state index contributed by atoms with van der Waals surface area (Å²) >= 11 is 0. The molecule has 0 aliphatic carbocycles. The lowest BCUT2D eigenvalue weighted by molar-refractivity contribution is -0.122. The number of hydrogen-bond donors (Lipinski definition) is 1. The molecule has 0 saturated heterocycles. The van der Waals surface area contributed by atoms with Crippen molar-refractivity contribution in [2.24, 2.45) is 5.41 Å². The maximum atomic E-state index is 12.0. The standard InChI is InChI=1S/C14H18N2O2/c1-4-14(3,10-15)13(17)16-11-7-6-8-12(9-11)18-5-2/h6-9H,4-5H2,1-3H3,(H,16,17). The summed E-state index contributed by atoms with van der Waals surface area (Å²) in [6.45, 7) is 5.92. The summed E-state index contributed by atoms with van der Waals surface area (Å²) in [5.41, 5.74) is -0.359. The molecule has 0 aromatic heterocycles. The molecule has 18 heavy (non-hydrogen) atoms. The van der Waals surface area contributed by atoms with Gasteiger partial charge in [0.2, 0.25) is 5.91 Å². The van der Waals surface area contributed by atoms with Crippen LogP contribution >= 0.6 is 0 Å². The molecule has 1 N–H and O–H groups in total. The van der Waals surface area contributed by atoms with Gasteiger partial charge in [-0.1, -0.05) is 13.0 Å². The van der Waals surface area contributed by atoms with E-state index in [1.54, 1.807) is 25.1 Å². The molecule has 0 fully saturated rings. The van der Waals surface area contributed by atoms with E-state index in [1.807, 2.05) is 26.0 Å². The molecule has 0 radical (unpaired) electrons. The molecule has 4 nitrogen and oxygen atoms in total. The molecule has 1 rings (SSSR count). The number of nitrogens with zero attached hydrogens (tertiary/aromatic N) is 1. The first-order valence-electron chi connectivity index (χ1n) is 6.01. The van der Waals surface area contributed by atoms with E-state index in [2.05, 4.69) is 5.32 Å². The molecule has 1 unspecified atom stereocenters. The fourth-order valence-electron chi connectivity index (χ4n) is 1.39. The Morgan fingerprint density at radius 2 is 2.22 bits per heavy atom. The number of nitrogens with one attached hydrogen (secondary N) is 1. The summed E-state index contributed by atoms with van der Waals surface area (Å²) < 4.78 is 5.35. The van der Waals surface area contributed by atoms with E-state index in [4.69, 9.17) is 10.00 Å². The van der Waals surface area contributed by atoms with Gasteiger partial charge in [-0.15, -0.1) is 0 Å². The van der Waals surface area contributed by atoms with Crippen LogP contribution in [0.5, 0.6) is 5.75 Å². The van der Waals surface area contributed by atoms with Gasteiger partial charge in [0.05, 0.1) is 12.7 Å². The number of rotatable bonds is 5. The molecule has 1 atom stereocenters. The summed E-state index contributed by atoms with van der Waals surface area (Å²) in [6.07, 6.45) is 0.473. The average molecular weight is 246 g/mol. The second kappa shape index (κ2) is 6.06. The van der Waals surface area contributed by atoms with Crippen LogP contribution in [0.2, 0.25) is 0 Å². The fraction of sp³-hybridized carbons (Fsp3) is 0.429. The molecule has 1 aromatic rings. The number of carbonyl (C=O) groups excluding carboxylic acids is 1. The zero-order valence-corrected chi connectivity index (χ0v) is 11.0. The van der Waals surface area contributed by atoms with E-state index in [0.29, 0.717) is 24.5 Å². The lowest BCUT2D eigenvalue weighted by Gasteiger charge is -2.18. The Morgan fingerprint density at radius 1 is 1.50 bits per heavy atom. The number of carbonyl (C=O) groups is 1. The van der Waals surface area contributed by atoms with Crippen molar-refractivity contribution in [1.29, 1.82) is 5.26 Å². The maximum Gasteiger partial charge on any atom is 0.244 e. The molecule has 96 valence electrons. The molecule has 1 aromatic carbocycles. The van der Waals surface area contributed by atoms with Gasteiger partial charge in [-0.3, -0.25) is 4.79 Å². The molecular weight excluding hydrogens is 228 g/mol. The summed E-state index contributed by atoms with van der Waals surface area (Å²) in [5, 5.41) is 11.8. The molecule has 0 saturated carbocycles. The highest BCUT2D eigenvalue weighted by Gasteiger charge is 2.31. The van der Waals surface area contributed by atoms with Crippen molar-refractivity contribution in [1.82, 2.24) is 0 Å². The zero-order valence-electron chi connectivity index (χ0n) is 11.0. The van der Waals surface area contributed by atoms with Crippen molar-refractivity contribution >= 4 is 11.6 Å². The summed E-state index contributed by atoms with van der Waals surface area (Å²) in [6, 6.07) is 9.18. The number of nitriles is 1. The van der Waals surface area contributed by atoms with Crippen LogP contribution in [0.15, 0.2) is 24.3 Å². The Labute approximate surface area is 108 Å². The van der Waals surface area contributed by atoms with Crippen molar-refractivity contribution in [3.63, 3.8) is 0 Å². The van der Waals surface area contributed by atoms with Crippen LogP contribution in [0.25, 0.3) is 0 Å². The van der Waals surface area contributed by atoms with E-state index in [-0.39, 0.29) is 5.91 Å². The van der Waals surface area contributed by atoms with Crippen LogP contribution in [-0.4, -0.2) is 12.5 Å². The minimum Gasteiger partial charge on any atom is -0.494 e. The van der Waals surface area contributed by atoms with Crippen LogP contribution in [0.4, 0.5) is 5.69 Å². The van der Waals surface area contributed by atoms with Crippen molar-refractivity contribution < 1.29 is 9.53 Å². The van der Waals surface area contributed by atoms with E-state index in [9.17, 15) is 4.79 Å². The highest BCUT2D eigenvalue weighted by atomic mass is 16.5. The second-order valence-electron chi connectivity index (χ2n) is 4.21. The van der Waals surface area contributed by atoms with Gasteiger partial charge in [-0.05, 0) is 32.4 Å². The first-order chi connectivity index (χ1) is 8.55. The topological polar surface area (TPSA) is 62.1 Å². The van der Waals surface area contributed by atoms with Crippen LogP contribution in [-0.2, 0) is 4.79 Å². The number of benzene rings is 1. The molecule has 4 heteroatoms. The lowest BCUT2D eigenvalue weighted by Crippen LogP contribution is -2.31. The van der Waals surface area contributed by atoms with Crippen LogP contribution in [0.1, 0.15) is 27.2 Å². The molecule has 0 bridgehead atoms. The Morgan fingerprint density at radius 3 is 2.78 bits per heavy atom. The van der Waals surface area contributed by atoms with Gasteiger partial charge in [0, 0.05) is 11.8 Å². The number of ether oxygens (including phenoxy) is 1. The Kier molecular flexibility index (Phi) is 4.73. The summed E-state index contributed by atoms with van der Waals surface area (Å²) in [7, 11) is 0. The van der Waals surface area contributed by atoms with Crippen LogP contribution in [0, 0.1) is 16.7 Å². The fourth-order valence-corrected chi connectivity index (χ4v) is 1.39. The Bertz CT molecular complexity index is 465. The first-order valence-corrected chi connectivity index (χ1v) is 6.01. The van der Waals surface area contributed by atoms with E-state index in [0.717, 1.165) is 0 Å². The number of amides is 1. The van der Waals surface area contributed by atoms with Gasteiger partial charge >= 0.3 is 0 Å². The monoisotopic (exact) mass is 246 g/mol. The minimum absolute atomic E-state index is 0.291. The van der Waals surface area contributed by atoms with Crippen LogP contribution in [0.3, 0.4) is 0 Å². The molecule has 1 amide bonds. The zero-order chi connectivity index (χ0) is 13.6. The summed E-state index contributed by atoms with van der Waals surface area (Å²) in [4.78, 5) is 12.0. The third-order valence-corrected chi connectivity index (χ3v) is 2.86. The first kappa shape index (κ1) is 14.0. The average Bonchev–Trinajstić information content (AvgIpc) is 2.38. The van der Waals surface area contributed by atoms with Gasteiger partial charge < -0.3 is 10.1 Å². The van der Waals surface area contributed by atoms with Gasteiger partial charge in [0.1, 0.15) is 11.2 Å². The number of hydrogen-bond acceptors (Lipinski definition) is 3. The smallest absolute Gasteiger partial charge is 0.244 e. The predicted octanol–water partition coefficient (Wildman–Crippen LogP) is 2.96. The minimum atomic E-state index is -0.998. The van der Waals surface area contributed by atoms with E-state index < -0.39 is 5.41 Å². The predicted molar refractivity (Wildman–Crippen MR) is 70.3 cm³/mol. The molecular formula is C14H18N2O2. The highest BCUT2D eigenvalue weighted by Crippen LogP contribution is 2.24.